The Balaban J connectivity index is 1.52. The minimum Gasteiger partial charge on any atom is -0.322 e. The summed E-state index contributed by atoms with van der Waals surface area (Å²) in [5, 5.41) is 6.88. The van der Waals surface area contributed by atoms with Crippen LogP contribution in [0.3, 0.4) is 0 Å². The zero-order valence-corrected chi connectivity index (χ0v) is 21.8. The van der Waals surface area contributed by atoms with E-state index in [0.717, 1.165) is 27.7 Å². The monoisotopic (exact) mass is 540 g/mol. The molecule has 6 nitrogen and oxygen atoms in total. The van der Waals surface area contributed by atoms with E-state index in [-0.39, 0.29) is 11.8 Å². The van der Waals surface area contributed by atoms with E-state index in [9.17, 15) is 9.59 Å². The lowest BCUT2D eigenvalue weighted by Crippen LogP contribution is -2.19. The molecule has 1 aromatic heterocycles. The average molecular weight is 541 g/mol. The van der Waals surface area contributed by atoms with Gasteiger partial charge in [0.1, 0.15) is 5.25 Å². The van der Waals surface area contributed by atoms with Crippen LogP contribution in [0.15, 0.2) is 88.9 Å². The van der Waals surface area contributed by atoms with Gasteiger partial charge in [-0.3, -0.25) is 14.9 Å². The quantitative estimate of drug-likeness (QED) is 0.222. The Morgan fingerprint density at radius 1 is 1.00 bits per heavy atom. The van der Waals surface area contributed by atoms with Crippen LogP contribution in [0.2, 0.25) is 5.02 Å². The van der Waals surface area contributed by atoms with Crippen LogP contribution in [-0.4, -0.2) is 26.9 Å². The predicted octanol–water partition coefficient (Wildman–Crippen LogP) is 7.03. The van der Waals surface area contributed by atoms with Gasteiger partial charge in [0.15, 0.2) is 0 Å². The van der Waals surface area contributed by atoms with Crippen LogP contribution < -0.4 is 10.6 Å². The smallest absolute Gasteiger partial charge is 0.255 e. The molecular formula is C25H21ClN4O2S3. The van der Waals surface area contributed by atoms with Crippen molar-refractivity contribution in [1.82, 2.24) is 9.36 Å². The number of nitrogens with one attached hydrogen (secondary N) is 2. The van der Waals surface area contributed by atoms with Crippen molar-refractivity contribution in [3.8, 4) is 0 Å². The molecule has 178 valence electrons. The third kappa shape index (κ3) is 7.08. The highest BCUT2D eigenvalue weighted by molar-refractivity contribution is 8.00. The van der Waals surface area contributed by atoms with Crippen molar-refractivity contribution in [2.45, 2.75) is 22.2 Å². The van der Waals surface area contributed by atoms with E-state index in [1.54, 1.807) is 30.3 Å². The molecule has 1 unspecified atom stereocenters. The third-order valence-corrected chi connectivity index (χ3v) is 7.64. The van der Waals surface area contributed by atoms with Crippen LogP contribution >= 0.6 is 46.7 Å². The first-order valence-corrected chi connectivity index (χ1v) is 13.7. The summed E-state index contributed by atoms with van der Waals surface area (Å²) in [5.41, 5.74) is 1.95. The molecule has 2 amide bonds. The number of rotatable bonds is 9. The fourth-order valence-corrected chi connectivity index (χ4v) is 5.68. The Hall–Kier alpha value is -2.85. The second kappa shape index (κ2) is 12.2. The van der Waals surface area contributed by atoms with Gasteiger partial charge in [-0.15, -0.1) is 11.8 Å². The van der Waals surface area contributed by atoms with Crippen LogP contribution in [0.4, 0.5) is 10.8 Å². The molecular weight excluding hydrogens is 520 g/mol. The predicted molar refractivity (Wildman–Crippen MR) is 146 cm³/mol. The van der Waals surface area contributed by atoms with Crippen molar-refractivity contribution in [3.63, 3.8) is 0 Å². The van der Waals surface area contributed by atoms with E-state index in [1.807, 2.05) is 55.5 Å². The SMILES string of the molecule is CCSc1nsc(NC(=O)C(Sc2cccc(NC(=O)c3cccc(Cl)c3)c2)c2ccccc2)n1. The highest BCUT2D eigenvalue weighted by Gasteiger charge is 2.23. The van der Waals surface area contributed by atoms with E-state index in [1.165, 1.54) is 23.5 Å². The molecule has 0 aliphatic heterocycles. The number of hydrogen-bond acceptors (Lipinski definition) is 7. The molecule has 35 heavy (non-hydrogen) atoms. The normalized spacial score (nSPS) is 11.6. The summed E-state index contributed by atoms with van der Waals surface area (Å²) < 4.78 is 4.27. The summed E-state index contributed by atoms with van der Waals surface area (Å²) in [4.78, 5) is 31.1. The van der Waals surface area contributed by atoms with Gasteiger partial charge in [-0.1, -0.05) is 72.8 Å². The second-order valence-electron chi connectivity index (χ2n) is 7.21. The summed E-state index contributed by atoms with van der Waals surface area (Å²) >= 11 is 10.1. The lowest BCUT2D eigenvalue weighted by molar-refractivity contribution is -0.115. The molecule has 0 aliphatic carbocycles. The zero-order valence-electron chi connectivity index (χ0n) is 18.6. The number of anilines is 2. The van der Waals surface area contributed by atoms with E-state index in [2.05, 4.69) is 20.0 Å². The summed E-state index contributed by atoms with van der Waals surface area (Å²) in [6.45, 7) is 2.03. The van der Waals surface area contributed by atoms with Crippen molar-refractivity contribution in [2.75, 3.05) is 16.4 Å². The summed E-state index contributed by atoms with van der Waals surface area (Å²) in [5.74, 6) is 0.402. The van der Waals surface area contributed by atoms with E-state index in [4.69, 9.17) is 11.6 Å². The maximum atomic E-state index is 13.3. The number of aromatic nitrogens is 2. The third-order valence-electron chi connectivity index (χ3n) is 4.68. The molecule has 2 N–H and O–H groups in total. The first-order valence-electron chi connectivity index (χ1n) is 10.7. The van der Waals surface area contributed by atoms with Crippen molar-refractivity contribution >= 4 is 69.3 Å². The number of thioether (sulfide) groups is 2. The van der Waals surface area contributed by atoms with E-state index in [0.29, 0.717) is 26.6 Å². The number of carbonyl (C=O) groups excluding carboxylic acids is 2. The minimum atomic E-state index is -0.527. The molecule has 0 saturated carbocycles. The van der Waals surface area contributed by atoms with Gasteiger partial charge in [-0.25, -0.2) is 0 Å². The molecule has 1 heterocycles. The molecule has 0 spiro atoms. The molecule has 1 atom stereocenters. The second-order valence-corrected chi connectivity index (χ2v) is 10.8. The zero-order chi connectivity index (χ0) is 24.6. The van der Waals surface area contributed by atoms with Crippen molar-refractivity contribution < 1.29 is 9.59 Å². The maximum Gasteiger partial charge on any atom is 0.255 e. The lowest BCUT2D eigenvalue weighted by Gasteiger charge is -2.16. The number of amides is 2. The molecule has 0 bridgehead atoms. The molecule has 0 aliphatic rings. The molecule has 0 radical (unpaired) electrons. The summed E-state index contributed by atoms with van der Waals surface area (Å²) in [7, 11) is 0. The van der Waals surface area contributed by atoms with Crippen LogP contribution in [0, 0.1) is 0 Å². The van der Waals surface area contributed by atoms with Gasteiger partial charge in [-0.05, 0) is 47.7 Å². The van der Waals surface area contributed by atoms with E-state index < -0.39 is 5.25 Å². The fourth-order valence-electron chi connectivity index (χ4n) is 3.14. The molecule has 0 fully saturated rings. The number of carbonyl (C=O) groups is 2. The Labute approximate surface area is 221 Å². The summed E-state index contributed by atoms with van der Waals surface area (Å²) in [6, 6.07) is 23.7. The molecule has 10 heteroatoms. The lowest BCUT2D eigenvalue weighted by atomic mass is 10.1. The highest BCUT2D eigenvalue weighted by atomic mass is 35.5. The topological polar surface area (TPSA) is 84.0 Å². The number of hydrogen-bond donors (Lipinski definition) is 2. The maximum absolute atomic E-state index is 13.3. The highest BCUT2D eigenvalue weighted by Crippen LogP contribution is 2.37. The van der Waals surface area contributed by atoms with Gasteiger partial charge in [0.05, 0.1) is 0 Å². The van der Waals surface area contributed by atoms with Gasteiger partial charge in [0, 0.05) is 32.7 Å². The van der Waals surface area contributed by atoms with Crippen LogP contribution in [-0.2, 0) is 4.79 Å². The molecule has 4 rings (SSSR count). The van der Waals surface area contributed by atoms with Gasteiger partial charge >= 0.3 is 0 Å². The van der Waals surface area contributed by atoms with E-state index >= 15 is 0 Å². The summed E-state index contributed by atoms with van der Waals surface area (Å²) in [6.07, 6.45) is 0. The van der Waals surface area contributed by atoms with Gasteiger partial charge < -0.3 is 5.32 Å². The number of halogens is 1. The van der Waals surface area contributed by atoms with Gasteiger partial charge in [0.2, 0.25) is 16.2 Å². The Kier molecular flexibility index (Phi) is 8.81. The average Bonchev–Trinajstić information content (AvgIpc) is 3.30. The Morgan fingerprint density at radius 3 is 2.57 bits per heavy atom. The number of benzene rings is 3. The largest absolute Gasteiger partial charge is 0.322 e. The van der Waals surface area contributed by atoms with Gasteiger partial charge in [-0.2, -0.15) is 9.36 Å². The minimum absolute atomic E-state index is 0.196. The van der Waals surface area contributed by atoms with Crippen molar-refractivity contribution in [1.29, 1.82) is 0 Å². The van der Waals surface area contributed by atoms with Crippen molar-refractivity contribution in [2.24, 2.45) is 0 Å². The van der Waals surface area contributed by atoms with Crippen LogP contribution in [0.1, 0.15) is 28.1 Å². The standard InChI is InChI=1S/C25H21ClN4O2S3/c1-2-33-25-29-24(35-30-25)28-23(32)21(16-8-4-3-5-9-16)34-20-13-7-12-19(15-20)27-22(31)17-10-6-11-18(26)14-17/h3-15,21H,2H2,1H3,(H,27,31)(H,28,29,30,32). The first-order chi connectivity index (χ1) is 17.0. The fraction of sp³-hybridized carbons (Fsp3) is 0.120. The van der Waals surface area contributed by atoms with Crippen LogP contribution in [0.5, 0.6) is 0 Å². The Bertz CT molecular complexity index is 1320. The van der Waals surface area contributed by atoms with Crippen molar-refractivity contribution in [3.05, 3.63) is 95.0 Å². The van der Waals surface area contributed by atoms with Gasteiger partial charge in [0.25, 0.3) is 5.91 Å². The Morgan fingerprint density at radius 2 is 1.80 bits per heavy atom. The number of nitrogens with zero attached hydrogens (tertiary/aromatic N) is 2. The van der Waals surface area contributed by atoms with Crippen LogP contribution in [0.25, 0.3) is 0 Å². The molecule has 4 aromatic rings. The molecule has 3 aromatic carbocycles. The molecule has 0 saturated heterocycles. The first kappa shape index (κ1) is 25.2.